The number of phenols is 1. The largest absolute Gasteiger partial charge is 0.507 e. The van der Waals surface area contributed by atoms with E-state index in [0.717, 1.165) is 0 Å². The summed E-state index contributed by atoms with van der Waals surface area (Å²) >= 11 is 0. The van der Waals surface area contributed by atoms with Gasteiger partial charge in [-0.3, -0.25) is 0 Å². The van der Waals surface area contributed by atoms with Crippen molar-refractivity contribution in [3.05, 3.63) is 41.0 Å². The smallest absolute Gasteiger partial charge is 0.336 e. The highest BCUT2D eigenvalue weighted by molar-refractivity contribution is 6.08. The molecule has 3 rings (SSSR count). The van der Waals surface area contributed by atoms with Gasteiger partial charge in [-0.15, -0.1) is 0 Å². The molecule has 0 saturated heterocycles. The number of methoxy groups -OCH3 is 2. The molecule has 0 amide bonds. The second-order valence-electron chi connectivity index (χ2n) is 5.04. The fourth-order valence-electron chi connectivity index (χ4n) is 2.94. The van der Waals surface area contributed by atoms with Crippen LogP contribution < -0.4 is 0 Å². The van der Waals surface area contributed by atoms with E-state index in [0.29, 0.717) is 21.9 Å². The molecule has 2 aromatic carbocycles. The number of carbonyl (C=O) groups is 1. The fraction of sp³-hybridized carbons (Fsp3) is 0.312. The molecular weight excluding hydrogens is 288 g/mol. The van der Waals surface area contributed by atoms with E-state index < -0.39 is 18.5 Å². The lowest BCUT2D eigenvalue weighted by molar-refractivity contribution is -0.241. The molecule has 0 radical (unpaired) electrons. The van der Waals surface area contributed by atoms with E-state index in [2.05, 4.69) is 0 Å². The van der Waals surface area contributed by atoms with Gasteiger partial charge < -0.3 is 24.4 Å². The number of carboxylic acids is 1. The van der Waals surface area contributed by atoms with Gasteiger partial charge in [-0.25, -0.2) is 4.79 Å². The zero-order valence-electron chi connectivity index (χ0n) is 12.2. The summed E-state index contributed by atoms with van der Waals surface area (Å²) in [5, 5.41) is 21.2. The number of benzene rings is 2. The second-order valence-corrected chi connectivity index (χ2v) is 5.04. The number of hydrogen-bond donors (Lipinski definition) is 2. The minimum atomic E-state index is -1.06. The summed E-state index contributed by atoms with van der Waals surface area (Å²) in [6.07, 6.45) is -1.28. The predicted molar refractivity (Wildman–Crippen MR) is 77.9 cm³/mol. The number of hydrogen-bond acceptors (Lipinski definition) is 5. The van der Waals surface area contributed by atoms with Crippen LogP contribution in [0.2, 0.25) is 0 Å². The van der Waals surface area contributed by atoms with Crippen molar-refractivity contribution in [2.24, 2.45) is 0 Å². The van der Waals surface area contributed by atoms with E-state index in [1.54, 1.807) is 24.3 Å². The van der Waals surface area contributed by atoms with Gasteiger partial charge in [0.1, 0.15) is 5.75 Å². The molecule has 1 aliphatic heterocycles. The lowest BCUT2D eigenvalue weighted by atomic mass is 9.89. The predicted octanol–water partition coefficient (Wildman–Crippen LogP) is 2.43. The molecule has 0 aliphatic carbocycles. The van der Waals surface area contributed by atoms with Crippen molar-refractivity contribution in [3.63, 3.8) is 0 Å². The Morgan fingerprint density at radius 2 is 1.91 bits per heavy atom. The average molecular weight is 304 g/mol. The quantitative estimate of drug-likeness (QED) is 0.906. The van der Waals surface area contributed by atoms with Gasteiger partial charge in [0.25, 0.3) is 0 Å². The lowest BCUT2D eigenvalue weighted by Crippen LogP contribution is -2.30. The average Bonchev–Trinajstić information content (AvgIpc) is 2.53. The Labute approximate surface area is 126 Å². The molecule has 2 unspecified atom stereocenters. The van der Waals surface area contributed by atoms with Crippen LogP contribution in [-0.2, 0) is 20.6 Å². The molecule has 1 aliphatic rings. The molecule has 2 atom stereocenters. The van der Waals surface area contributed by atoms with Crippen molar-refractivity contribution in [1.82, 2.24) is 0 Å². The molecule has 2 aromatic rings. The van der Waals surface area contributed by atoms with E-state index in [1.807, 2.05) is 0 Å². The first-order chi connectivity index (χ1) is 10.6. The molecule has 0 bridgehead atoms. The Morgan fingerprint density at radius 1 is 1.23 bits per heavy atom. The first-order valence-corrected chi connectivity index (χ1v) is 6.79. The zero-order valence-corrected chi connectivity index (χ0v) is 12.2. The third kappa shape index (κ3) is 2.12. The standard InChI is InChI=1S/C16H16O6/c1-20-11-7-10-12(15(18)19)8-5-3-4-6-9(8)14(17)13(10)16(21-2)22-11/h3-6,11,16-17H,7H2,1-2H3,(H,18,19). The topological polar surface area (TPSA) is 85.2 Å². The maximum Gasteiger partial charge on any atom is 0.336 e. The van der Waals surface area contributed by atoms with Gasteiger partial charge in [0.15, 0.2) is 12.6 Å². The van der Waals surface area contributed by atoms with Crippen LogP contribution in [0.15, 0.2) is 24.3 Å². The highest BCUT2D eigenvalue weighted by atomic mass is 16.8. The number of phenolic OH excluding ortho intramolecular Hbond substituents is 1. The summed E-state index contributed by atoms with van der Waals surface area (Å²) in [5.74, 6) is -1.07. The molecule has 2 N–H and O–H groups in total. The Bertz CT molecular complexity index is 739. The Hall–Kier alpha value is -2.15. The highest BCUT2D eigenvalue weighted by Crippen LogP contribution is 2.44. The molecule has 116 valence electrons. The normalized spacial score (nSPS) is 20.8. The molecule has 0 aromatic heterocycles. The van der Waals surface area contributed by atoms with Gasteiger partial charge in [-0.2, -0.15) is 0 Å². The van der Waals surface area contributed by atoms with Crippen molar-refractivity contribution < 1.29 is 29.2 Å². The van der Waals surface area contributed by atoms with E-state index in [1.165, 1.54) is 14.2 Å². The van der Waals surface area contributed by atoms with Crippen molar-refractivity contribution in [1.29, 1.82) is 0 Å². The summed E-state index contributed by atoms with van der Waals surface area (Å²) < 4.78 is 16.0. The lowest BCUT2D eigenvalue weighted by Gasteiger charge is -2.32. The van der Waals surface area contributed by atoms with E-state index in [9.17, 15) is 15.0 Å². The number of ether oxygens (including phenoxy) is 3. The first kappa shape index (κ1) is 14.8. The molecular formula is C16H16O6. The Balaban J connectivity index is 2.39. The monoisotopic (exact) mass is 304 g/mol. The van der Waals surface area contributed by atoms with Gasteiger partial charge in [-0.05, 0) is 5.56 Å². The molecule has 6 heteroatoms. The summed E-state index contributed by atoms with van der Waals surface area (Å²) in [4.78, 5) is 11.8. The molecule has 6 nitrogen and oxygen atoms in total. The minimum absolute atomic E-state index is 0.0167. The number of rotatable bonds is 3. The maximum absolute atomic E-state index is 11.8. The third-order valence-electron chi connectivity index (χ3n) is 3.91. The molecule has 1 heterocycles. The maximum atomic E-state index is 11.8. The van der Waals surface area contributed by atoms with Crippen molar-refractivity contribution in [2.75, 3.05) is 14.2 Å². The number of fused-ring (bicyclic) bond motifs is 2. The Morgan fingerprint density at radius 3 is 2.50 bits per heavy atom. The van der Waals surface area contributed by atoms with Crippen LogP contribution in [-0.4, -0.2) is 36.7 Å². The van der Waals surface area contributed by atoms with E-state index >= 15 is 0 Å². The minimum Gasteiger partial charge on any atom is -0.507 e. The van der Waals surface area contributed by atoms with E-state index in [4.69, 9.17) is 14.2 Å². The van der Waals surface area contributed by atoms with Crippen LogP contribution in [0.1, 0.15) is 27.8 Å². The molecule has 0 fully saturated rings. The SMILES string of the molecule is COC1Cc2c(c(O)c3ccccc3c2C(=O)O)C(OC)O1. The molecule has 22 heavy (non-hydrogen) atoms. The van der Waals surface area contributed by atoms with Gasteiger partial charge in [-0.1, -0.05) is 24.3 Å². The van der Waals surface area contributed by atoms with Gasteiger partial charge in [0.2, 0.25) is 0 Å². The number of aromatic carboxylic acids is 1. The van der Waals surface area contributed by atoms with Gasteiger partial charge in [0, 0.05) is 31.4 Å². The third-order valence-corrected chi connectivity index (χ3v) is 3.91. The summed E-state index contributed by atoms with van der Waals surface area (Å²) in [7, 11) is 2.91. The van der Waals surface area contributed by atoms with Crippen molar-refractivity contribution >= 4 is 16.7 Å². The van der Waals surface area contributed by atoms with Crippen LogP contribution >= 0.6 is 0 Å². The number of aromatic hydroxyl groups is 1. The Kier molecular flexibility index (Phi) is 3.74. The first-order valence-electron chi connectivity index (χ1n) is 6.79. The van der Waals surface area contributed by atoms with Gasteiger partial charge in [0.05, 0.1) is 11.1 Å². The van der Waals surface area contributed by atoms with Crippen LogP contribution in [0.25, 0.3) is 10.8 Å². The molecule has 0 saturated carbocycles. The second kappa shape index (κ2) is 5.57. The van der Waals surface area contributed by atoms with Gasteiger partial charge >= 0.3 is 5.97 Å². The van der Waals surface area contributed by atoms with Crippen LogP contribution in [0.4, 0.5) is 0 Å². The van der Waals surface area contributed by atoms with E-state index in [-0.39, 0.29) is 17.7 Å². The fourth-order valence-corrected chi connectivity index (χ4v) is 2.94. The van der Waals surface area contributed by atoms with Crippen LogP contribution in [0, 0.1) is 0 Å². The van der Waals surface area contributed by atoms with Crippen molar-refractivity contribution in [2.45, 2.75) is 19.0 Å². The summed E-state index contributed by atoms with van der Waals surface area (Å²) in [5.41, 5.74) is 0.983. The van der Waals surface area contributed by atoms with Crippen LogP contribution in [0.5, 0.6) is 5.75 Å². The van der Waals surface area contributed by atoms with Crippen molar-refractivity contribution in [3.8, 4) is 5.75 Å². The zero-order chi connectivity index (χ0) is 15.9. The summed E-state index contributed by atoms with van der Waals surface area (Å²) in [6.45, 7) is 0. The van der Waals surface area contributed by atoms with Crippen LogP contribution in [0.3, 0.4) is 0 Å². The summed E-state index contributed by atoms with van der Waals surface area (Å²) in [6, 6.07) is 6.83. The highest BCUT2D eigenvalue weighted by Gasteiger charge is 2.35. The molecule has 0 spiro atoms. The number of carboxylic acid groups (broad SMARTS) is 1.